The maximum absolute atomic E-state index is 12.8. The Labute approximate surface area is 144 Å². The van der Waals surface area contributed by atoms with Gasteiger partial charge in [0.05, 0.1) is 4.90 Å². The van der Waals surface area contributed by atoms with E-state index in [4.69, 9.17) is 4.74 Å². The van der Waals surface area contributed by atoms with Gasteiger partial charge in [0.15, 0.2) is 0 Å². The molecule has 7 heteroatoms. The number of aryl methyl sites for hydroxylation is 2. The molecule has 0 aliphatic carbocycles. The maximum atomic E-state index is 12.8. The minimum Gasteiger partial charge on any atom is -0.444 e. The predicted octanol–water partition coefficient (Wildman–Crippen LogP) is 2.59. The minimum atomic E-state index is -3.55. The number of benzene rings is 1. The second-order valence-corrected chi connectivity index (χ2v) is 9.26. The summed E-state index contributed by atoms with van der Waals surface area (Å²) in [5, 5.41) is 2.74. The molecule has 1 aromatic carbocycles. The molecule has 1 saturated heterocycles. The normalized spacial score (nSPS) is 19.3. The predicted molar refractivity (Wildman–Crippen MR) is 92.4 cm³/mol. The molecule has 0 radical (unpaired) electrons. The molecule has 1 aliphatic rings. The van der Waals surface area contributed by atoms with Gasteiger partial charge in [-0.15, -0.1) is 0 Å². The lowest BCUT2D eigenvalue weighted by Gasteiger charge is -2.22. The number of nitrogens with zero attached hydrogens (tertiary/aromatic N) is 1. The van der Waals surface area contributed by atoms with Crippen LogP contribution < -0.4 is 5.32 Å². The molecular weight excluding hydrogens is 328 g/mol. The van der Waals surface area contributed by atoms with Crippen LogP contribution in [0.25, 0.3) is 0 Å². The third-order valence-electron chi connectivity index (χ3n) is 3.70. The first-order chi connectivity index (χ1) is 11.0. The van der Waals surface area contributed by atoms with Crippen molar-refractivity contribution in [1.29, 1.82) is 0 Å². The molecule has 0 saturated carbocycles. The summed E-state index contributed by atoms with van der Waals surface area (Å²) >= 11 is 0. The lowest BCUT2D eigenvalue weighted by Crippen LogP contribution is -2.41. The summed E-state index contributed by atoms with van der Waals surface area (Å²) in [5.74, 6) is 0. The minimum absolute atomic E-state index is 0.236. The monoisotopic (exact) mass is 354 g/mol. The highest BCUT2D eigenvalue weighted by Crippen LogP contribution is 2.23. The zero-order chi connectivity index (χ0) is 18.1. The van der Waals surface area contributed by atoms with Gasteiger partial charge in [-0.1, -0.05) is 6.07 Å². The zero-order valence-electron chi connectivity index (χ0n) is 14.9. The molecule has 0 aromatic heterocycles. The van der Waals surface area contributed by atoms with Crippen LogP contribution in [0.2, 0.25) is 0 Å². The molecule has 0 spiro atoms. The summed E-state index contributed by atoms with van der Waals surface area (Å²) in [6, 6.07) is 5.06. The number of ether oxygens (including phenoxy) is 1. The lowest BCUT2D eigenvalue weighted by atomic mass is 10.2. The van der Waals surface area contributed by atoms with E-state index in [2.05, 4.69) is 5.32 Å². The molecule has 1 fully saturated rings. The summed E-state index contributed by atoms with van der Waals surface area (Å²) < 4.78 is 32.2. The molecule has 1 aliphatic heterocycles. The number of nitrogens with one attached hydrogen (secondary N) is 1. The van der Waals surface area contributed by atoms with Crippen molar-refractivity contribution in [2.75, 3.05) is 13.1 Å². The van der Waals surface area contributed by atoms with Crippen LogP contribution in [0.4, 0.5) is 4.79 Å². The first kappa shape index (κ1) is 18.7. The van der Waals surface area contributed by atoms with Crippen LogP contribution in [0.5, 0.6) is 0 Å². The van der Waals surface area contributed by atoms with Crippen LogP contribution >= 0.6 is 0 Å². The van der Waals surface area contributed by atoms with Crippen LogP contribution in [0.1, 0.15) is 38.3 Å². The van der Waals surface area contributed by atoms with Crippen molar-refractivity contribution in [2.45, 2.75) is 57.6 Å². The molecule has 134 valence electrons. The van der Waals surface area contributed by atoms with Gasteiger partial charge in [-0.3, -0.25) is 0 Å². The number of hydrogen-bond acceptors (Lipinski definition) is 4. The van der Waals surface area contributed by atoms with E-state index < -0.39 is 21.7 Å². The molecule has 1 heterocycles. The Bertz CT molecular complexity index is 702. The Balaban J connectivity index is 2.05. The Morgan fingerprint density at radius 2 is 1.79 bits per heavy atom. The number of hydrogen-bond donors (Lipinski definition) is 1. The van der Waals surface area contributed by atoms with Crippen molar-refractivity contribution in [3.63, 3.8) is 0 Å². The average Bonchev–Trinajstić information content (AvgIpc) is 2.84. The highest BCUT2D eigenvalue weighted by atomic mass is 32.2. The van der Waals surface area contributed by atoms with E-state index in [9.17, 15) is 13.2 Å². The second-order valence-electron chi connectivity index (χ2n) is 7.32. The van der Waals surface area contributed by atoms with E-state index in [0.717, 1.165) is 11.1 Å². The topological polar surface area (TPSA) is 75.7 Å². The highest BCUT2D eigenvalue weighted by Gasteiger charge is 2.34. The fourth-order valence-corrected chi connectivity index (χ4v) is 4.46. The van der Waals surface area contributed by atoms with Crippen molar-refractivity contribution in [2.24, 2.45) is 0 Å². The van der Waals surface area contributed by atoms with E-state index in [1.807, 2.05) is 19.9 Å². The molecule has 1 amide bonds. The van der Waals surface area contributed by atoms with Crippen LogP contribution in [-0.4, -0.2) is 43.5 Å². The van der Waals surface area contributed by atoms with E-state index in [1.54, 1.807) is 32.9 Å². The summed E-state index contributed by atoms with van der Waals surface area (Å²) in [6.07, 6.45) is 0.0571. The fourth-order valence-electron chi connectivity index (χ4n) is 2.77. The van der Waals surface area contributed by atoms with Crippen molar-refractivity contribution in [3.8, 4) is 0 Å². The van der Waals surface area contributed by atoms with Crippen LogP contribution in [0.3, 0.4) is 0 Å². The maximum Gasteiger partial charge on any atom is 0.407 e. The van der Waals surface area contributed by atoms with Gasteiger partial charge in [0.1, 0.15) is 5.60 Å². The number of carbonyl (C=O) groups is 1. The lowest BCUT2D eigenvalue weighted by molar-refractivity contribution is 0.0507. The van der Waals surface area contributed by atoms with Crippen LogP contribution in [0, 0.1) is 13.8 Å². The highest BCUT2D eigenvalue weighted by molar-refractivity contribution is 7.89. The van der Waals surface area contributed by atoms with Gasteiger partial charge in [0, 0.05) is 19.1 Å². The number of amides is 1. The molecular formula is C17H26N2O4S. The van der Waals surface area contributed by atoms with Crippen molar-refractivity contribution < 1.29 is 17.9 Å². The van der Waals surface area contributed by atoms with Gasteiger partial charge < -0.3 is 10.1 Å². The van der Waals surface area contributed by atoms with Gasteiger partial charge in [0.25, 0.3) is 0 Å². The summed E-state index contributed by atoms with van der Waals surface area (Å²) in [4.78, 5) is 12.1. The standard InChI is InChI=1S/C17H26N2O4S/c1-12-8-13(2)10-15(9-12)24(21,22)19-7-6-14(11-19)18-16(20)23-17(3,4)5/h8-10,14H,6-7,11H2,1-5H3,(H,18,20). The quantitative estimate of drug-likeness (QED) is 0.905. The molecule has 1 atom stereocenters. The Hall–Kier alpha value is -1.60. The smallest absolute Gasteiger partial charge is 0.407 e. The fraction of sp³-hybridized carbons (Fsp3) is 0.588. The zero-order valence-corrected chi connectivity index (χ0v) is 15.7. The van der Waals surface area contributed by atoms with E-state index in [-0.39, 0.29) is 12.6 Å². The molecule has 0 bridgehead atoms. The largest absolute Gasteiger partial charge is 0.444 e. The van der Waals surface area contributed by atoms with Gasteiger partial charge in [0.2, 0.25) is 10.0 Å². The SMILES string of the molecule is Cc1cc(C)cc(S(=O)(=O)N2CCC(NC(=O)OC(C)(C)C)C2)c1. The first-order valence-corrected chi connectivity index (χ1v) is 9.49. The molecule has 24 heavy (non-hydrogen) atoms. The average molecular weight is 354 g/mol. The van der Waals surface area contributed by atoms with Crippen LogP contribution in [-0.2, 0) is 14.8 Å². The van der Waals surface area contributed by atoms with Gasteiger partial charge in [-0.2, -0.15) is 4.31 Å². The Morgan fingerprint density at radius 3 is 2.33 bits per heavy atom. The summed E-state index contributed by atoms with van der Waals surface area (Å²) in [5.41, 5.74) is 1.25. The van der Waals surface area contributed by atoms with Crippen LogP contribution in [0.15, 0.2) is 23.1 Å². The number of sulfonamides is 1. The molecule has 1 aromatic rings. The second kappa shape index (κ2) is 6.72. The third-order valence-corrected chi connectivity index (χ3v) is 5.55. The molecule has 1 unspecified atom stereocenters. The van der Waals surface area contributed by atoms with Crippen molar-refractivity contribution >= 4 is 16.1 Å². The summed E-state index contributed by atoms with van der Waals surface area (Å²) in [6.45, 7) is 9.77. The van der Waals surface area contributed by atoms with Crippen molar-refractivity contribution in [1.82, 2.24) is 9.62 Å². The van der Waals surface area contributed by atoms with E-state index in [0.29, 0.717) is 17.9 Å². The molecule has 6 nitrogen and oxygen atoms in total. The Morgan fingerprint density at radius 1 is 1.21 bits per heavy atom. The van der Waals surface area contributed by atoms with Crippen molar-refractivity contribution in [3.05, 3.63) is 29.3 Å². The number of carbonyl (C=O) groups excluding carboxylic acids is 1. The number of alkyl carbamates (subject to hydrolysis) is 1. The molecule has 1 N–H and O–H groups in total. The van der Waals surface area contributed by atoms with E-state index >= 15 is 0 Å². The number of rotatable bonds is 3. The van der Waals surface area contributed by atoms with Gasteiger partial charge in [-0.05, 0) is 64.3 Å². The van der Waals surface area contributed by atoms with Gasteiger partial charge in [-0.25, -0.2) is 13.2 Å². The van der Waals surface area contributed by atoms with E-state index in [1.165, 1.54) is 4.31 Å². The first-order valence-electron chi connectivity index (χ1n) is 8.05. The third kappa shape index (κ3) is 4.70. The Kier molecular flexibility index (Phi) is 5.25. The van der Waals surface area contributed by atoms with Gasteiger partial charge >= 0.3 is 6.09 Å². The molecule has 2 rings (SSSR count). The summed E-state index contributed by atoms with van der Waals surface area (Å²) in [7, 11) is -3.55.